The summed E-state index contributed by atoms with van der Waals surface area (Å²) < 4.78 is 5.75. The SMILES string of the molecule is CC.CCC1(OC(C)=O)CC2CC1C1CCCC21. The third-order valence-electron chi connectivity index (χ3n) is 5.53. The Morgan fingerprint density at radius 1 is 1.28 bits per heavy atom. The summed E-state index contributed by atoms with van der Waals surface area (Å²) in [7, 11) is 0. The largest absolute Gasteiger partial charge is 0.459 e. The van der Waals surface area contributed by atoms with Crippen LogP contribution in [0.1, 0.15) is 66.2 Å². The summed E-state index contributed by atoms with van der Waals surface area (Å²) in [5, 5.41) is 0. The smallest absolute Gasteiger partial charge is 0.303 e. The summed E-state index contributed by atoms with van der Waals surface area (Å²) in [6, 6.07) is 0. The Balaban J connectivity index is 0.000000574. The Morgan fingerprint density at radius 3 is 2.56 bits per heavy atom. The van der Waals surface area contributed by atoms with Gasteiger partial charge in [0.2, 0.25) is 0 Å². The molecule has 3 aliphatic carbocycles. The Hall–Kier alpha value is -0.530. The zero-order valence-electron chi connectivity index (χ0n) is 12.4. The molecule has 0 heterocycles. The average Bonchev–Trinajstić information content (AvgIpc) is 3.00. The molecule has 0 amide bonds. The molecule has 18 heavy (non-hydrogen) atoms. The lowest BCUT2D eigenvalue weighted by atomic mass is 9.71. The Bertz CT molecular complexity index is 312. The number of carbonyl (C=O) groups excluding carboxylic acids is 1. The quantitative estimate of drug-likeness (QED) is 0.689. The lowest BCUT2D eigenvalue weighted by Crippen LogP contribution is -2.44. The minimum atomic E-state index is -0.0813. The lowest BCUT2D eigenvalue weighted by Gasteiger charge is -2.41. The van der Waals surface area contributed by atoms with Gasteiger partial charge in [0.15, 0.2) is 0 Å². The van der Waals surface area contributed by atoms with Crippen LogP contribution in [0, 0.1) is 23.7 Å². The Kier molecular flexibility index (Phi) is 4.03. The van der Waals surface area contributed by atoms with Crippen molar-refractivity contribution in [1.29, 1.82) is 0 Å². The van der Waals surface area contributed by atoms with E-state index in [2.05, 4.69) is 6.92 Å². The maximum absolute atomic E-state index is 11.3. The van der Waals surface area contributed by atoms with E-state index in [9.17, 15) is 4.79 Å². The van der Waals surface area contributed by atoms with Crippen LogP contribution in [0.4, 0.5) is 0 Å². The second kappa shape index (κ2) is 5.22. The van der Waals surface area contributed by atoms with Gasteiger partial charge in [0.05, 0.1) is 0 Å². The number of hydrogen-bond acceptors (Lipinski definition) is 2. The van der Waals surface area contributed by atoms with Crippen LogP contribution in [0.25, 0.3) is 0 Å². The van der Waals surface area contributed by atoms with E-state index in [4.69, 9.17) is 4.74 Å². The zero-order chi connectivity index (χ0) is 13.3. The van der Waals surface area contributed by atoms with Gasteiger partial charge >= 0.3 is 5.97 Å². The summed E-state index contributed by atoms with van der Waals surface area (Å²) in [5.41, 5.74) is -0.0813. The first-order valence-electron chi connectivity index (χ1n) is 7.86. The lowest BCUT2D eigenvalue weighted by molar-refractivity contribution is -0.167. The molecule has 2 heteroatoms. The van der Waals surface area contributed by atoms with Crippen molar-refractivity contribution in [3.63, 3.8) is 0 Å². The number of fused-ring (bicyclic) bond motifs is 5. The highest BCUT2D eigenvalue weighted by Gasteiger charge is 2.61. The molecular weight excluding hydrogens is 224 g/mol. The van der Waals surface area contributed by atoms with Crippen LogP contribution < -0.4 is 0 Å². The van der Waals surface area contributed by atoms with E-state index in [-0.39, 0.29) is 11.6 Å². The second-order valence-electron chi connectivity index (χ2n) is 6.08. The molecule has 2 nitrogen and oxygen atoms in total. The van der Waals surface area contributed by atoms with Gasteiger partial charge in [0.1, 0.15) is 5.60 Å². The summed E-state index contributed by atoms with van der Waals surface area (Å²) in [6.07, 6.45) is 7.71. The minimum absolute atomic E-state index is 0.0797. The topological polar surface area (TPSA) is 26.3 Å². The van der Waals surface area contributed by atoms with Gasteiger partial charge in [-0.25, -0.2) is 0 Å². The standard InChI is InChI=1S/C14H22O2.C2H6/c1-3-14(16-9(2)15)8-10-7-13(14)12-6-4-5-11(10)12;1-2/h10-13H,3-8H2,1-2H3;1-2H3. The van der Waals surface area contributed by atoms with Crippen LogP contribution in [0.5, 0.6) is 0 Å². The molecule has 3 fully saturated rings. The van der Waals surface area contributed by atoms with Crippen LogP contribution in [0.2, 0.25) is 0 Å². The first kappa shape index (κ1) is 13.9. The van der Waals surface area contributed by atoms with Gasteiger partial charge in [-0.15, -0.1) is 0 Å². The van der Waals surface area contributed by atoms with Gasteiger partial charge in [-0.2, -0.15) is 0 Å². The first-order chi connectivity index (χ1) is 8.66. The van der Waals surface area contributed by atoms with Crippen molar-refractivity contribution in [2.75, 3.05) is 0 Å². The molecule has 2 bridgehead atoms. The molecule has 0 spiro atoms. The van der Waals surface area contributed by atoms with Crippen molar-refractivity contribution in [2.45, 2.75) is 71.8 Å². The first-order valence-corrected chi connectivity index (χ1v) is 7.86. The zero-order valence-corrected chi connectivity index (χ0v) is 12.4. The Labute approximate surface area is 111 Å². The molecule has 3 rings (SSSR count). The van der Waals surface area contributed by atoms with Crippen LogP contribution in [0.15, 0.2) is 0 Å². The highest BCUT2D eigenvalue weighted by molar-refractivity contribution is 5.66. The van der Waals surface area contributed by atoms with Gasteiger partial charge in [0, 0.05) is 12.8 Å². The average molecular weight is 252 g/mol. The van der Waals surface area contributed by atoms with Crippen molar-refractivity contribution in [1.82, 2.24) is 0 Å². The summed E-state index contributed by atoms with van der Waals surface area (Å²) in [4.78, 5) is 11.3. The highest BCUT2D eigenvalue weighted by atomic mass is 16.6. The van der Waals surface area contributed by atoms with Gasteiger partial charge in [-0.3, -0.25) is 4.79 Å². The van der Waals surface area contributed by atoms with Gasteiger partial charge < -0.3 is 4.74 Å². The van der Waals surface area contributed by atoms with Gasteiger partial charge in [0.25, 0.3) is 0 Å². The molecular formula is C16H28O2. The number of esters is 1. The molecule has 0 N–H and O–H groups in total. The Morgan fingerprint density at radius 2 is 1.94 bits per heavy atom. The summed E-state index contributed by atoms with van der Waals surface area (Å²) >= 11 is 0. The molecule has 0 aromatic rings. The predicted molar refractivity (Wildman–Crippen MR) is 73.2 cm³/mol. The van der Waals surface area contributed by atoms with Crippen LogP contribution >= 0.6 is 0 Å². The van der Waals surface area contributed by atoms with E-state index in [0.29, 0.717) is 5.92 Å². The third kappa shape index (κ3) is 1.98. The van der Waals surface area contributed by atoms with E-state index < -0.39 is 0 Å². The van der Waals surface area contributed by atoms with Crippen LogP contribution in [-0.4, -0.2) is 11.6 Å². The maximum atomic E-state index is 11.3. The van der Waals surface area contributed by atoms with Crippen LogP contribution in [0.3, 0.4) is 0 Å². The molecule has 5 atom stereocenters. The number of rotatable bonds is 2. The summed E-state index contributed by atoms with van der Waals surface area (Å²) in [6.45, 7) is 7.75. The molecule has 0 saturated heterocycles. The molecule has 0 aromatic heterocycles. The van der Waals surface area contributed by atoms with E-state index >= 15 is 0 Å². The molecule has 0 aromatic carbocycles. The van der Waals surface area contributed by atoms with E-state index in [1.54, 1.807) is 6.92 Å². The predicted octanol–water partition coefficient (Wildman–Crippen LogP) is 4.18. The number of ether oxygens (including phenoxy) is 1. The third-order valence-corrected chi connectivity index (χ3v) is 5.53. The van der Waals surface area contributed by atoms with Crippen LogP contribution in [-0.2, 0) is 9.53 Å². The summed E-state index contributed by atoms with van der Waals surface area (Å²) in [5.74, 6) is 3.30. The molecule has 5 unspecified atom stereocenters. The number of carbonyl (C=O) groups is 1. The molecule has 0 aliphatic heterocycles. The van der Waals surface area contributed by atoms with E-state index in [1.807, 2.05) is 13.8 Å². The number of hydrogen-bond donors (Lipinski definition) is 0. The van der Waals surface area contributed by atoms with E-state index in [0.717, 1.165) is 30.6 Å². The normalized spacial score (nSPS) is 44.2. The fourth-order valence-electron chi connectivity index (χ4n) is 5.10. The molecule has 3 aliphatic rings. The van der Waals surface area contributed by atoms with Gasteiger partial charge in [-0.1, -0.05) is 27.2 Å². The minimum Gasteiger partial charge on any atom is -0.459 e. The second-order valence-corrected chi connectivity index (χ2v) is 6.08. The van der Waals surface area contributed by atoms with Gasteiger partial charge in [-0.05, 0) is 49.9 Å². The molecule has 0 radical (unpaired) electrons. The highest BCUT2D eigenvalue weighted by Crippen LogP contribution is 2.64. The van der Waals surface area contributed by atoms with Crippen molar-refractivity contribution in [3.8, 4) is 0 Å². The van der Waals surface area contributed by atoms with Crippen molar-refractivity contribution >= 4 is 5.97 Å². The van der Waals surface area contributed by atoms with E-state index in [1.165, 1.54) is 25.7 Å². The maximum Gasteiger partial charge on any atom is 0.303 e. The monoisotopic (exact) mass is 252 g/mol. The van der Waals surface area contributed by atoms with Crippen molar-refractivity contribution in [3.05, 3.63) is 0 Å². The molecule has 3 saturated carbocycles. The fraction of sp³-hybridized carbons (Fsp3) is 0.938. The molecule has 104 valence electrons. The van der Waals surface area contributed by atoms with Crippen molar-refractivity contribution < 1.29 is 9.53 Å². The fourth-order valence-corrected chi connectivity index (χ4v) is 5.10. The van der Waals surface area contributed by atoms with Crippen molar-refractivity contribution in [2.24, 2.45) is 23.7 Å².